The molecule has 0 spiro atoms. The number of hydrogen-bond donors (Lipinski definition) is 0. The molecular formula is C42H26. The van der Waals surface area contributed by atoms with E-state index in [-0.39, 0.29) is 0 Å². The summed E-state index contributed by atoms with van der Waals surface area (Å²) in [4.78, 5) is 0. The van der Waals surface area contributed by atoms with Crippen molar-refractivity contribution >= 4 is 64.6 Å². The van der Waals surface area contributed by atoms with E-state index in [0.29, 0.717) is 0 Å². The minimum absolute atomic E-state index is 1.24. The summed E-state index contributed by atoms with van der Waals surface area (Å²) >= 11 is 0. The maximum atomic E-state index is 2.30. The van der Waals surface area contributed by atoms with E-state index in [1.54, 1.807) is 0 Å². The molecule has 0 nitrogen and oxygen atoms in total. The molecule has 0 aliphatic heterocycles. The zero-order valence-corrected chi connectivity index (χ0v) is 23.0. The summed E-state index contributed by atoms with van der Waals surface area (Å²) in [6, 6.07) is 57.9. The Morgan fingerprint density at radius 2 is 0.429 bits per heavy atom. The van der Waals surface area contributed by atoms with Crippen molar-refractivity contribution in [3.8, 4) is 22.3 Å². The molecule has 0 unspecified atom stereocenters. The Morgan fingerprint density at radius 3 is 0.738 bits per heavy atom. The van der Waals surface area contributed by atoms with Crippen LogP contribution in [0.2, 0.25) is 0 Å². The molecule has 9 aromatic carbocycles. The number of hydrogen-bond acceptors (Lipinski definition) is 0. The van der Waals surface area contributed by atoms with E-state index in [0.717, 1.165) is 0 Å². The van der Waals surface area contributed by atoms with Gasteiger partial charge in [-0.15, -0.1) is 0 Å². The van der Waals surface area contributed by atoms with Gasteiger partial charge in [0.1, 0.15) is 0 Å². The van der Waals surface area contributed by atoms with Crippen LogP contribution in [0, 0.1) is 0 Å². The van der Waals surface area contributed by atoms with Crippen LogP contribution in [-0.4, -0.2) is 0 Å². The van der Waals surface area contributed by atoms with Crippen LogP contribution >= 0.6 is 0 Å². The second-order valence-electron chi connectivity index (χ2n) is 11.2. The summed E-state index contributed by atoms with van der Waals surface area (Å²) in [5.41, 5.74) is 5.02. The van der Waals surface area contributed by atoms with Crippen LogP contribution in [0.1, 0.15) is 0 Å². The Hall–Kier alpha value is -5.46. The first-order valence-corrected chi connectivity index (χ1v) is 14.6. The third-order valence-electron chi connectivity index (χ3n) is 9.04. The van der Waals surface area contributed by atoms with Gasteiger partial charge in [0.15, 0.2) is 0 Å². The molecule has 0 N–H and O–H groups in total. The SMILES string of the molecule is c1ccc2c(c1)c1ccccc1c1c(-c3ccc(-c4cccc5c6ccccc6c6ccccc6c45)cc3)cccc21. The fourth-order valence-corrected chi connectivity index (χ4v) is 7.22. The lowest BCUT2D eigenvalue weighted by atomic mass is 9.88. The maximum absolute atomic E-state index is 2.30. The second kappa shape index (κ2) is 9.03. The number of fused-ring (bicyclic) bond motifs is 12. The largest absolute Gasteiger partial charge is 0.0616 e. The molecule has 0 aliphatic rings. The van der Waals surface area contributed by atoms with Gasteiger partial charge in [-0.1, -0.05) is 158 Å². The average Bonchev–Trinajstić information content (AvgIpc) is 3.08. The number of benzene rings is 9. The molecule has 0 radical (unpaired) electrons. The zero-order chi connectivity index (χ0) is 27.6. The van der Waals surface area contributed by atoms with Gasteiger partial charge in [-0.3, -0.25) is 0 Å². The van der Waals surface area contributed by atoms with E-state index < -0.39 is 0 Å². The van der Waals surface area contributed by atoms with E-state index in [9.17, 15) is 0 Å². The first-order valence-electron chi connectivity index (χ1n) is 14.6. The molecule has 9 rings (SSSR count). The highest BCUT2D eigenvalue weighted by atomic mass is 14.2. The Bertz CT molecular complexity index is 2230. The van der Waals surface area contributed by atoms with Crippen molar-refractivity contribution < 1.29 is 0 Å². The minimum Gasteiger partial charge on any atom is -0.0616 e. The van der Waals surface area contributed by atoms with Crippen LogP contribution in [0.25, 0.3) is 86.9 Å². The molecule has 0 fully saturated rings. The van der Waals surface area contributed by atoms with Gasteiger partial charge in [-0.05, 0) is 86.9 Å². The second-order valence-corrected chi connectivity index (χ2v) is 11.2. The molecular weight excluding hydrogens is 504 g/mol. The maximum Gasteiger partial charge on any atom is -0.00204 e. The summed E-state index contributed by atoms with van der Waals surface area (Å²) in [5.74, 6) is 0. The zero-order valence-electron chi connectivity index (χ0n) is 23.0. The van der Waals surface area contributed by atoms with Crippen molar-refractivity contribution in [2.24, 2.45) is 0 Å². The summed E-state index contributed by atoms with van der Waals surface area (Å²) in [6.07, 6.45) is 0. The summed E-state index contributed by atoms with van der Waals surface area (Å²) in [6.45, 7) is 0. The fraction of sp³-hybridized carbons (Fsp3) is 0. The smallest absolute Gasteiger partial charge is 0.00204 e. The Kier molecular flexibility index (Phi) is 5.00. The van der Waals surface area contributed by atoms with Crippen LogP contribution < -0.4 is 0 Å². The summed E-state index contributed by atoms with van der Waals surface area (Å²) in [5, 5.41) is 15.7. The fourth-order valence-electron chi connectivity index (χ4n) is 7.22. The number of rotatable bonds is 2. The monoisotopic (exact) mass is 530 g/mol. The molecule has 42 heavy (non-hydrogen) atoms. The van der Waals surface area contributed by atoms with Gasteiger partial charge in [0.25, 0.3) is 0 Å². The molecule has 0 amide bonds. The Labute approximate surface area is 244 Å². The lowest BCUT2D eigenvalue weighted by molar-refractivity contribution is 1.64. The highest BCUT2D eigenvalue weighted by Gasteiger charge is 2.15. The average molecular weight is 531 g/mol. The topological polar surface area (TPSA) is 0 Å². The van der Waals surface area contributed by atoms with Crippen LogP contribution in [0.15, 0.2) is 158 Å². The van der Waals surface area contributed by atoms with Crippen molar-refractivity contribution in [2.75, 3.05) is 0 Å². The summed E-state index contributed by atoms with van der Waals surface area (Å²) < 4.78 is 0. The molecule has 0 saturated heterocycles. The van der Waals surface area contributed by atoms with E-state index >= 15 is 0 Å². The van der Waals surface area contributed by atoms with Crippen LogP contribution in [-0.2, 0) is 0 Å². The van der Waals surface area contributed by atoms with Gasteiger partial charge in [-0.25, -0.2) is 0 Å². The van der Waals surface area contributed by atoms with Gasteiger partial charge >= 0.3 is 0 Å². The minimum atomic E-state index is 1.24. The molecule has 0 aliphatic carbocycles. The molecule has 194 valence electrons. The van der Waals surface area contributed by atoms with Crippen molar-refractivity contribution in [1.29, 1.82) is 0 Å². The summed E-state index contributed by atoms with van der Waals surface area (Å²) in [7, 11) is 0. The molecule has 0 aromatic heterocycles. The standard InChI is InChI=1S/C42H26/c1-3-13-35-31(11-1)33-15-5-7-17-37(33)41-29(19-9-21-39(35)41)27-23-25-28(26-24-27)30-20-10-22-40-36-14-4-2-12-32(36)34-16-6-8-18-38(34)42(30)40/h1-26H. The Morgan fingerprint density at radius 1 is 0.190 bits per heavy atom. The van der Waals surface area contributed by atoms with Gasteiger partial charge in [0, 0.05) is 0 Å². The van der Waals surface area contributed by atoms with Gasteiger partial charge < -0.3 is 0 Å². The van der Waals surface area contributed by atoms with E-state index in [4.69, 9.17) is 0 Å². The van der Waals surface area contributed by atoms with E-state index in [2.05, 4.69) is 158 Å². The van der Waals surface area contributed by atoms with E-state index in [1.165, 1.54) is 86.9 Å². The third-order valence-corrected chi connectivity index (χ3v) is 9.04. The molecule has 0 saturated carbocycles. The third kappa shape index (κ3) is 3.30. The van der Waals surface area contributed by atoms with Gasteiger partial charge in [-0.2, -0.15) is 0 Å². The molecule has 0 atom stereocenters. The van der Waals surface area contributed by atoms with Crippen molar-refractivity contribution in [2.45, 2.75) is 0 Å². The predicted octanol–water partition coefficient (Wildman–Crippen LogP) is 11.9. The normalized spacial score (nSPS) is 11.8. The highest BCUT2D eigenvalue weighted by Crippen LogP contribution is 2.42. The van der Waals surface area contributed by atoms with Crippen LogP contribution in [0.5, 0.6) is 0 Å². The quantitative estimate of drug-likeness (QED) is 0.195. The van der Waals surface area contributed by atoms with Crippen LogP contribution in [0.3, 0.4) is 0 Å². The van der Waals surface area contributed by atoms with Crippen molar-refractivity contribution in [3.63, 3.8) is 0 Å². The van der Waals surface area contributed by atoms with Gasteiger partial charge in [0.05, 0.1) is 0 Å². The molecule has 0 heterocycles. The van der Waals surface area contributed by atoms with E-state index in [1.807, 2.05) is 0 Å². The molecule has 9 aromatic rings. The highest BCUT2D eigenvalue weighted by molar-refractivity contribution is 6.29. The first kappa shape index (κ1) is 23.3. The van der Waals surface area contributed by atoms with Crippen molar-refractivity contribution in [1.82, 2.24) is 0 Å². The van der Waals surface area contributed by atoms with Crippen molar-refractivity contribution in [3.05, 3.63) is 158 Å². The predicted molar refractivity (Wildman–Crippen MR) is 182 cm³/mol. The molecule has 0 heteroatoms. The lowest BCUT2D eigenvalue weighted by Gasteiger charge is -2.16. The molecule has 0 bridgehead atoms. The van der Waals surface area contributed by atoms with Crippen LogP contribution in [0.4, 0.5) is 0 Å². The Balaban J connectivity index is 1.28. The lowest BCUT2D eigenvalue weighted by Crippen LogP contribution is -1.88. The van der Waals surface area contributed by atoms with Gasteiger partial charge in [0.2, 0.25) is 0 Å². The first-order chi connectivity index (χ1) is 20.9.